The predicted molar refractivity (Wildman–Crippen MR) is 236 cm³/mol. The van der Waals surface area contributed by atoms with Crippen LogP contribution in [-0.2, 0) is 54.3 Å². The van der Waals surface area contributed by atoms with Gasteiger partial charge in [0.1, 0.15) is 21.0 Å². The summed E-state index contributed by atoms with van der Waals surface area (Å²) in [7, 11) is 2.73. The molecule has 4 atom stereocenters. The van der Waals surface area contributed by atoms with Crippen LogP contribution in [0.3, 0.4) is 0 Å². The lowest BCUT2D eigenvalue weighted by atomic mass is 9.99. The molecule has 0 spiro atoms. The lowest BCUT2D eigenvalue weighted by molar-refractivity contribution is -0.142. The van der Waals surface area contributed by atoms with Gasteiger partial charge in [0.05, 0.1) is 40.3 Å². The van der Waals surface area contributed by atoms with E-state index in [1.54, 1.807) is 13.8 Å². The van der Waals surface area contributed by atoms with Gasteiger partial charge < -0.3 is 18.9 Å². The molecule has 0 saturated carbocycles. The van der Waals surface area contributed by atoms with Crippen molar-refractivity contribution in [2.24, 2.45) is 0 Å². The van der Waals surface area contributed by atoms with Gasteiger partial charge in [-0.05, 0) is 122 Å². The second kappa shape index (κ2) is 21.9. The van der Waals surface area contributed by atoms with E-state index in [0.717, 1.165) is 70.0 Å². The van der Waals surface area contributed by atoms with E-state index in [1.807, 2.05) is 85.2 Å². The number of esters is 2. The largest absolute Gasteiger partial charge is 0.493 e. The molecule has 328 valence electrons. The number of methoxy groups -OCH3 is 2. The Balaban J connectivity index is 0.000000234. The Morgan fingerprint density at radius 2 is 0.935 bits per heavy atom. The molecule has 4 heterocycles. The maximum absolute atomic E-state index is 12.0. The normalized spacial score (nSPS) is 19.1. The summed E-state index contributed by atoms with van der Waals surface area (Å²) in [6.45, 7) is 8.19. The van der Waals surface area contributed by atoms with Gasteiger partial charge in [-0.15, -0.1) is 0 Å². The third kappa shape index (κ3) is 13.1. The summed E-state index contributed by atoms with van der Waals surface area (Å²) in [5.41, 5.74) is 5.66. The molecule has 62 heavy (non-hydrogen) atoms. The van der Waals surface area contributed by atoms with Gasteiger partial charge >= 0.3 is 11.9 Å². The summed E-state index contributed by atoms with van der Waals surface area (Å²) in [4.78, 5) is 79.7. The lowest BCUT2D eigenvalue weighted by Crippen LogP contribution is -2.35. The number of hydrogen-bond donors (Lipinski definition) is 2. The maximum atomic E-state index is 12.0. The Hall–Kier alpha value is -5.74. The van der Waals surface area contributed by atoms with Crippen LogP contribution in [-0.4, -0.2) is 81.1 Å². The number of imide groups is 2. The Kier molecular flexibility index (Phi) is 16.7. The van der Waals surface area contributed by atoms with Gasteiger partial charge in [-0.3, -0.25) is 49.4 Å². The molecule has 0 aliphatic carbocycles. The van der Waals surface area contributed by atoms with E-state index < -0.39 is 9.49 Å². The van der Waals surface area contributed by atoms with Crippen molar-refractivity contribution >= 4 is 57.8 Å². The van der Waals surface area contributed by atoms with Gasteiger partial charge in [-0.2, -0.15) is 0 Å². The van der Waals surface area contributed by atoms with Gasteiger partial charge in [-0.25, -0.2) is 0 Å². The Morgan fingerprint density at radius 1 is 0.581 bits per heavy atom. The number of thioether (sulfide) groups is 2. The molecule has 2 unspecified atom stereocenters. The highest BCUT2D eigenvalue weighted by atomic mass is 32.2. The molecule has 2 aliphatic heterocycles. The number of nitrogens with one attached hydrogen (secondary N) is 2. The number of carbonyl (C=O) groups is 6. The van der Waals surface area contributed by atoms with E-state index in [-0.39, 0.29) is 72.1 Å². The van der Waals surface area contributed by atoms with Crippen LogP contribution in [0, 0.1) is 0 Å². The van der Waals surface area contributed by atoms with Crippen LogP contribution in [0.1, 0.15) is 86.0 Å². The molecule has 14 nitrogen and oxygen atoms in total. The second-order valence-corrected chi connectivity index (χ2v) is 18.2. The van der Waals surface area contributed by atoms with Crippen LogP contribution in [0.25, 0.3) is 0 Å². The molecule has 6 rings (SSSR count). The molecule has 2 N–H and O–H groups in total. The monoisotopic (exact) mass is 884 g/mol. The van der Waals surface area contributed by atoms with Crippen LogP contribution in [0.15, 0.2) is 85.2 Å². The summed E-state index contributed by atoms with van der Waals surface area (Å²) in [6.07, 6.45) is 6.64. The number of nitrogens with zero attached hydrogens (tertiary/aromatic N) is 2. The highest BCUT2D eigenvalue weighted by Crippen LogP contribution is 2.36. The Labute approximate surface area is 370 Å². The second-order valence-electron chi connectivity index (χ2n) is 15.3. The van der Waals surface area contributed by atoms with Gasteiger partial charge in [0.15, 0.2) is 0 Å². The summed E-state index contributed by atoms with van der Waals surface area (Å²) >= 11 is 2.03. The third-order valence-electron chi connectivity index (χ3n) is 10.5. The van der Waals surface area contributed by atoms with E-state index in [4.69, 9.17) is 18.9 Å². The number of amides is 4. The zero-order chi connectivity index (χ0) is 44.9. The number of aromatic nitrogens is 2. The fraction of sp³-hybridized carbons (Fsp3) is 0.391. The summed E-state index contributed by atoms with van der Waals surface area (Å²) < 4.78 is 19.9. The van der Waals surface area contributed by atoms with Crippen LogP contribution in [0.5, 0.6) is 11.5 Å². The molecule has 4 amide bonds. The van der Waals surface area contributed by atoms with Crippen LogP contribution >= 0.6 is 23.5 Å². The van der Waals surface area contributed by atoms with Crippen molar-refractivity contribution in [1.29, 1.82) is 0 Å². The van der Waals surface area contributed by atoms with Crippen molar-refractivity contribution < 1.29 is 47.7 Å². The van der Waals surface area contributed by atoms with Crippen molar-refractivity contribution in [3.8, 4) is 11.5 Å². The number of benzene rings is 2. The molecule has 0 radical (unpaired) electrons. The van der Waals surface area contributed by atoms with Gasteiger partial charge in [0.2, 0.25) is 11.8 Å². The zero-order valence-corrected chi connectivity index (χ0v) is 37.3. The minimum absolute atomic E-state index is 0.172. The molecule has 2 aliphatic rings. The quantitative estimate of drug-likeness (QED) is 0.0947. The molecule has 16 heteroatoms. The number of ether oxygens (including phenoxy) is 4. The number of hydrogen-bond acceptors (Lipinski definition) is 14. The zero-order valence-electron chi connectivity index (χ0n) is 35.7. The SMILES string of the molecule is CCc1ccc(C(COc2ccc(C[C@@]3(C)SC(=O)NC3=O)cc2)CC(=O)OC)nc1.CCc1ccc(C(COc2ccc(C[C@@]3(C)SC(=O)NC3=O)cc2)CC(=O)OC)nc1. The minimum atomic E-state index is -0.804. The average Bonchev–Trinajstić information content (AvgIpc) is 3.69. The number of carbonyl (C=O) groups excluding carboxylic acids is 6. The van der Waals surface area contributed by atoms with E-state index >= 15 is 0 Å². The molecular weight excluding hydrogens is 833 g/mol. The summed E-state index contributed by atoms with van der Waals surface area (Å²) in [5.74, 6) is -0.351. The van der Waals surface area contributed by atoms with Crippen LogP contribution in [0.4, 0.5) is 9.59 Å². The first kappa shape index (κ1) is 47.3. The molecular formula is C46H52N4O10S2. The number of aryl methyl sites for hydroxylation is 2. The average molecular weight is 885 g/mol. The number of pyridine rings is 2. The summed E-state index contributed by atoms with van der Waals surface area (Å²) in [5, 5.41) is 4.03. The number of rotatable bonds is 18. The van der Waals surface area contributed by atoms with E-state index in [9.17, 15) is 28.8 Å². The van der Waals surface area contributed by atoms with Crippen molar-refractivity contribution in [3.05, 3.63) is 119 Å². The first-order chi connectivity index (χ1) is 29.6. The molecule has 2 aromatic carbocycles. The highest BCUT2D eigenvalue weighted by molar-refractivity contribution is 8.16. The first-order valence-corrected chi connectivity index (χ1v) is 21.8. The van der Waals surface area contributed by atoms with E-state index in [2.05, 4.69) is 34.4 Å². The van der Waals surface area contributed by atoms with Crippen molar-refractivity contribution in [3.63, 3.8) is 0 Å². The van der Waals surface area contributed by atoms with E-state index in [1.165, 1.54) is 14.2 Å². The van der Waals surface area contributed by atoms with E-state index in [0.29, 0.717) is 24.3 Å². The fourth-order valence-corrected chi connectivity index (χ4v) is 8.53. The van der Waals surface area contributed by atoms with Crippen molar-refractivity contribution in [2.45, 2.75) is 87.5 Å². The molecule has 0 bridgehead atoms. The van der Waals surface area contributed by atoms with Gasteiger partial charge in [-0.1, -0.05) is 50.2 Å². The van der Waals surface area contributed by atoms with Gasteiger partial charge in [0, 0.05) is 35.6 Å². The summed E-state index contributed by atoms with van der Waals surface area (Å²) in [6, 6.07) is 22.6. The maximum Gasteiger partial charge on any atom is 0.306 e. The predicted octanol–water partition coefficient (Wildman–Crippen LogP) is 7.31. The molecule has 2 fully saturated rings. The highest BCUT2D eigenvalue weighted by Gasteiger charge is 2.44. The standard InChI is InChI=1S/2C23H26N2O5S/c2*1-4-15-7-10-19(24-13-15)17(11-20(26)29-3)14-30-18-8-5-16(6-9-18)12-23(2)21(27)25-22(28)31-23/h2*5-10,13,17H,4,11-12,14H2,1-3H3,(H,25,27,28)/t2*17?,23-/m11/s1. The molecule has 4 aromatic rings. The fourth-order valence-electron chi connectivity index (χ4n) is 6.66. The Bertz CT molecular complexity index is 2050. The first-order valence-electron chi connectivity index (χ1n) is 20.2. The Morgan fingerprint density at radius 3 is 1.21 bits per heavy atom. The van der Waals surface area contributed by atoms with Crippen LogP contribution < -0.4 is 20.1 Å². The minimum Gasteiger partial charge on any atom is -0.493 e. The third-order valence-corrected chi connectivity index (χ3v) is 12.6. The van der Waals surface area contributed by atoms with Crippen LogP contribution in [0.2, 0.25) is 0 Å². The van der Waals surface area contributed by atoms with Gasteiger partial charge in [0.25, 0.3) is 10.5 Å². The molecule has 2 aromatic heterocycles. The topological polar surface area (TPSA) is 189 Å². The van der Waals surface area contributed by atoms with Crippen molar-refractivity contribution in [2.75, 3.05) is 27.4 Å². The lowest BCUT2D eigenvalue weighted by Gasteiger charge is -2.19. The smallest absolute Gasteiger partial charge is 0.306 e. The molecule has 2 saturated heterocycles. The van der Waals surface area contributed by atoms with Crippen molar-refractivity contribution in [1.82, 2.24) is 20.6 Å².